The first-order chi connectivity index (χ1) is 10.0. The second kappa shape index (κ2) is 9.56. The number of hydrogen-bond donors (Lipinski definition) is 2. The smallest absolute Gasteiger partial charge is 0.236 e. The van der Waals surface area contributed by atoms with Crippen molar-refractivity contribution in [1.82, 2.24) is 10.6 Å². The van der Waals surface area contributed by atoms with Gasteiger partial charge in [-0.15, -0.1) is 0 Å². The van der Waals surface area contributed by atoms with Crippen LogP contribution in [0, 0.1) is 5.92 Å². The van der Waals surface area contributed by atoms with Gasteiger partial charge in [-0.1, -0.05) is 51.1 Å². The standard InChI is InChI=1S/C18H30N2O/c1-14(2)10-12-20-18(21)16(4)19-13-11-15(3)17-8-6-5-7-9-17/h5-9,14-16,19H,10-13H2,1-4H3,(H,20,21). The van der Waals surface area contributed by atoms with Crippen molar-refractivity contribution >= 4 is 5.91 Å². The maximum absolute atomic E-state index is 11.9. The Kier molecular flexibility index (Phi) is 8.06. The molecular formula is C18H30N2O. The Balaban J connectivity index is 2.20. The Morgan fingerprint density at radius 3 is 2.29 bits per heavy atom. The molecule has 3 heteroatoms. The highest BCUT2D eigenvalue weighted by Gasteiger charge is 2.12. The van der Waals surface area contributed by atoms with Crippen molar-refractivity contribution in [3.63, 3.8) is 0 Å². The molecule has 0 spiro atoms. The van der Waals surface area contributed by atoms with Gasteiger partial charge in [0.15, 0.2) is 0 Å². The average Bonchev–Trinajstić information content (AvgIpc) is 2.47. The second-order valence-electron chi connectivity index (χ2n) is 6.25. The van der Waals surface area contributed by atoms with E-state index in [0.717, 1.165) is 25.9 Å². The lowest BCUT2D eigenvalue weighted by Crippen LogP contribution is -2.43. The van der Waals surface area contributed by atoms with Crippen LogP contribution < -0.4 is 10.6 Å². The van der Waals surface area contributed by atoms with E-state index in [0.29, 0.717) is 11.8 Å². The first-order valence-electron chi connectivity index (χ1n) is 8.06. The van der Waals surface area contributed by atoms with Crippen LogP contribution in [0.1, 0.15) is 52.0 Å². The lowest BCUT2D eigenvalue weighted by molar-refractivity contribution is -0.122. The summed E-state index contributed by atoms with van der Waals surface area (Å²) in [6.45, 7) is 10.1. The summed E-state index contributed by atoms with van der Waals surface area (Å²) in [5, 5.41) is 6.29. The van der Waals surface area contributed by atoms with Gasteiger partial charge in [-0.3, -0.25) is 4.79 Å². The van der Waals surface area contributed by atoms with Gasteiger partial charge in [-0.25, -0.2) is 0 Å². The summed E-state index contributed by atoms with van der Waals surface area (Å²) in [7, 11) is 0. The molecule has 0 fully saturated rings. The third-order valence-corrected chi connectivity index (χ3v) is 3.81. The van der Waals surface area contributed by atoms with Crippen molar-refractivity contribution in [2.24, 2.45) is 5.92 Å². The molecule has 0 aliphatic rings. The minimum atomic E-state index is -0.125. The minimum Gasteiger partial charge on any atom is -0.355 e. The number of benzene rings is 1. The first kappa shape index (κ1) is 17.7. The average molecular weight is 290 g/mol. The molecule has 0 aliphatic carbocycles. The molecule has 0 aromatic heterocycles. The van der Waals surface area contributed by atoms with Crippen LogP contribution in [0.25, 0.3) is 0 Å². The summed E-state index contributed by atoms with van der Waals surface area (Å²) in [4.78, 5) is 11.9. The highest BCUT2D eigenvalue weighted by molar-refractivity contribution is 5.81. The number of nitrogens with one attached hydrogen (secondary N) is 2. The molecule has 0 radical (unpaired) electrons. The van der Waals surface area contributed by atoms with Gasteiger partial charge < -0.3 is 10.6 Å². The molecule has 2 N–H and O–H groups in total. The van der Waals surface area contributed by atoms with Crippen LogP contribution in [-0.2, 0) is 4.79 Å². The van der Waals surface area contributed by atoms with Crippen LogP contribution in [-0.4, -0.2) is 25.0 Å². The van der Waals surface area contributed by atoms with Crippen LogP contribution in [0.2, 0.25) is 0 Å². The van der Waals surface area contributed by atoms with E-state index in [-0.39, 0.29) is 11.9 Å². The third kappa shape index (κ3) is 7.28. The molecule has 1 aromatic rings. The van der Waals surface area contributed by atoms with E-state index in [1.165, 1.54) is 5.56 Å². The molecule has 1 aromatic carbocycles. The quantitative estimate of drug-likeness (QED) is 0.732. The van der Waals surface area contributed by atoms with Crippen molar-refractivity contribution in [2.75, 3.05) is 13.1 Å². The van der Waals surface area contributed by atoms with Crippen LogP contribution in [0.3, 0.4) is 0 Å². The van der Waals surface area contributed by atoms with Crippen molar-refractivity contribution < 1.29 is 4.79 Å². The Labute approximate surface area is 129 Å². The van der Waals surface area contributed by atoms with Crippen molar-refractivity contribution in [2.45, 2.75) is 52.5 Å². The zero-order valence-corrected chi connectivity index (χ0v) is 13.9. The van der Waals surface area contributed by atoms with E-state index < -0.39 is 0 Å². The van der Waals surface area contributed by atoms with Gasteiger partial charge in [0.1, 0.15) is 0 Å². The van der Waals surface area contributed by atoms with Crippen LogP contribution in [0.15, 0.2) is 30.3 Å². The zero-order valence-electron chi connectivity index (χ0n) is 13.9. The summed E-state index contributed by atoms with van der Waals surface area (Å²) >= 11 is 0. The van der Waals surface area contributed by atoms with Crippen molar-refractivity contribution in [3.05, 3.63) is 35.9 Å². The Morgan fingerprint density at radius 1 is 1.00 bits per heavy atom. The van der Waals surface area contributed by atoms with Gasteiger partial charge in [0.05, 0.1) is 6.04 Å². The van der Waals surface area contributed by atoms with E-state index >= 15 is 0 Å². The van der Waals surface area contributed by atoms with Crippen LogP contribution >= 0.6 is 0 Å². The Hall–Kier alpha value is -1.35. The molecule has 3 nitrogen and oxygen atoms in total. The molecule has 0 saturated heterocycles. The monoisotopic (exact) mass is 290 g/mol. The molecule has 1 amide bonds. The highest BCUT2D eigenvalue weighted by Crippen LogP contribution is 2.17. The van der Waals surface area contributed by atoms with E-state index in [2.05, 4.69) is 55.7 Å². The summed E-state index contributed by atoms with van der Waals surface area (Å²) in [6, 6.07) is 10.4. The van der Waals surface area contributed by atoms with Crippen LogP contribution in [0.5, 0.6) is 0 Å². The lowest BCUT2D eigenvalue weighted by atomic mass is 9.98. The topological polar surface area (TPSA) is 41.1 Å². The maximum Gasteiger partial charge on any atom is 0.236 e. The minimum absolute atomic E-state index is 0.100. The normalized spacial score (nSPS) is 14.0. The fourth-order valence-electron chi connectivity index (χ4n) is 2.19. The number of carbonyl (C=O) groups is 1. The Morgan fingerprint density at radius 2 is 1.67 bits per heavy atom. The molecular weight excluding hydrogens is 260 g/mol. The molecule has 2 unspecified atom stereocenters. The van der Waals surface area contributed by atoms with Gasteiger partial charge in [0, 0.05) is 6.54 Å². The summed E-state index contributed by atoms with van der Waals surface area (Å²) in [5.41, 5.74) is 1.35. The van der Waals surface area contributed by atoms with Crippen molar-refractivity contribution in [1.29, 1.82) is 0 Å². The molecule has 0 saturated carbocycles. The predicted molar refractivity (Wildman–Crippen MR) is 89.4 cm³/mol. The number of rotatable bonds is 9. The van der Waals surface area contributed by atoms with Gasteiger partial charge in [-0.05, 0) is 43.7 Å². The Bertz CT molecular complexity index is 403. The summed E-state index contributed by atoms with van der Waals surface area (Å²) < 4.78 is 0. The predicted octanol–water partition coefficient (Wildman–Crippen LogP) is 3.32. The first-order valence-corrected chi connectivity index (χ1v) is 8.06. The maximum atomic E-state index is 11.9. The highest BCUT2D eigenvalue weighted by atomic mass is 16.2. The van der Waals surface area contributed by atoms with Gasteiger partial charge >= 0.3 is 0 Å². The number of hydrogen-bond acceptors (Lipinski definition) is 2. The molecule has 2 atom stereocenters. The number of amides is 1. The molecule has 118 valence electrons. The van der Waals surface area contributed by atoms with Gasteiger partial charge in [0.25, 0.3) is 0 Å². The van der Waals surface area contributed by atoms with E-state index in [4.69, 9.17) is 0 Å². The van der Waals surface area contributed by atoms with Crippen LogP contribution in [0.4, 0.5) is 0 Å². The van der Waals surface area contributed by atoms with Gasteiger partial charge in [-0.2, -0.15) is 0 Å². The van der Waals surface area contributed by atoms with Crippen molar-refractivity contribution in [3.8, 4) is 0 Å². The second-order valence-corrected chi connectivity index (χ2v) is 6.25. The molecule has 21 heavy (non-hydrogen) atoms. The van der Waals surface area contributed by atoms with E-state index in [9.17, 15) is 4.79 Å². The molecule has 0 heterocycles. The molecule has 1 rings (SSSR count). The number of carbonyl (C=O) groups excluding carboxylic acids is 1. The summed E-state index contributed by atoms with van der Waals surface area (Å²) in [5.74, 6) is 1.23. The third-order valence-electron chi connectivity index (χ3n) is 3.81. The van der Waals surface area contributed by atoms with E-state index in [1.807, 2.05) is 13.0 Å². The zero-order chi connectivity index (χ0) is 15.7. The fraction of sp³-hybridized carbons (Fsp3) is 0.611. The molecule has 0 bridgehead atoms. The molecule has 0 aliphatic heterocycles. The largest absolute Gasteiger partial charge is 0.355 e. The van der Waals surface area contributed by atoms with Gasteiger partial charge in [0.2, 0.25) is 5.91 Å². The SMILES string of the molecule is CC(C)CCNC(=O)C(C)NCCC(C)c1ccccc1. The summed E-state index contributed by atoms with van der Waals surface area (Å²) in [6.07, 6.45) is 2.07. The fourth-order valence-corrected chi connectivity index (χ4v) is 2.19. The van der Waals surface area contributed by atoms with E-state index in [1.54, 1.807) is 0 Å². The lowest BCUT2D eigenvalue weighted by Gasteiger charge is -2.17.